The zero-order chi connectivity index (χ0) is 26.0. The maximum Gasteiger partial charge on any atom is 0.416 e. The number of methoxy groups -OCH3 is 1. The van der Waals surface area contributed by atoms with Crippen LogP contribution >= 0.6 is 0 Å². The molecular formula is C28H26F3NO4. The molecule has 0 aliphatic heterocycles. The van der Waals surface area contributed by atoms with Crippen molar-refractivity contribution in [2.75, 3.05) is 7.11 Å². The number of amides is 1. The van der Waals surface area contributed by atoms with Crippen LogP contribution in [0.4, 0.5) is 13.2 Å². The average molecular weight is 498 g/mol. The molecule has 3 aromatic rings. The molecule has 36 heavy (non-hydrogen) atoms. The van der Waals surface area contributed by atoms with Crippen LogP contribution in [0.25, 0.3) is 11.1 Å². The fourth-order valence-electron chi connectivity index (χ4n) is 4.85. The van der Waals surface area contributed by atoms with Crippen molar-refractivity contribution >= 4 is 11.9 Å². The second-order valence-electron chi connectivity index (χ2n) is 8.95. The van der Waals surface area contributed by atoms with Gasteiger partial charge in [0.2, 0.25) is 5.91 Å². The molecule has 1 amide bonds. The summed E-state index contributed by atoms with van der Waals surface area (Å²) in [6, 6.07) is 15.9. The van der Waals surface area contributed by atoms with E-state index in [1.807, 2.05) is 24.3 Å². The van der Waals surface area contributed by atoms with Crippen molar-refractivity contribution in [1.82, 2.24) is 4.90 Å². The predicted octanol–water partition coefficient (Wildman–Crippen LogP) is 5.52. The van der Waals surface area contributed by atoms with Gasteiger partial charge < -0.3 is 14.7 Å². The predicted molar refractivity (Wildman–Crippen MR) is 129 cm³/mol. The van der Waals surface area contributed by atoms with E-state index in [1.165, 1.54) is 20.1 Å². The van der Waals surface area contributed by atoms with Crippen molar-refractivity contribution in [3.8, 4) is 16.9 Å². The van der Waals surface area contributed by atoms with Crippen molar-refractivity contribution in [3.63, 3.8) is 0 Å². The number of carboxylic acids is 1. The van der Waals surface area contributed by atoms with Gasteiger partial charge in [-0.25, -0.2) is 0 Å². The zero-order valence-corrected chi connectivity index (χ0v) is 19.9. The first kappa shape index (κ1) is 25.3. The lowest BCUT2D eigenvalue weighted by atomic mass is 9.94. The normalized spacial score (nSPS) is 13.4. The first-order valence-electron chi connectivity index (χ1n) is 11.5. The molecule has 0 bridgehead atoms. The van der Waals surface area contributed by atoms with Crippen molar-refractivity contribution in [3.05, 3.63) is 88.5 Å². The molecule has 0 spiro atoms. The van der Waals surface area contributed by atoms with Gasteiger partial charge in [0.1, 0.15) is 5.75 Å². The number of carbonyl (C=O) groups excluding carboxylic acids is 1. The smallest absolute Gasteiger partial charge is 0.416 e. The number of carbonyl (C=O) groups is 2. The second kappa shape index (κ2) is 10.0. The average Bonchev–Trinajstić information content (AvgIpc) is 3.25. The van der Waals surface area contributed by atoms with E-state index in [0.717, 1.165) is 23.3 Å². The minimum absolute atomic E-state index is 0.0282. The van der Waals surface area contributed by atoms with Crippen LogP contribution < -0.4 is 4.74 Å². The Labute approximate surface area is 207 Å². The number of aliphatic carboxylic acids is 1. The zero-order valence-electron chi connectivity index (χ0n) is 19.9. The summed E-state index contributed by atoms with van der Waals surface area (Å²) in [5.41, 5.74) is 3.15. The Morgan fingerprint density at radius 2 is 1.67 bits per heavy atom. The fraction of sp³-hybridized carbons (Fsp3) is 0.286. The van der Waals surface area contributed by atoms with E-state index in [4.69, 9.17) is 4.74 Å². The van der Waals surface area contributed by atoms with Crippen molar-refractivity contribution in [2.24, 2.45) is 0 Å². The first-order chi connectivity index (χ1) is 17.1. The number of carboxylic acid groups (broad SMARTS) is 1. The van der Waals surface area contributed by atoms with Crippen LogP contribution in [0, 0.1) is 0 Å². The Bertz CT molecular complexity index is 1280. The Morgan fingerprint density at radius 1 is 1.00 bits per heavy atom. The Balaban J connectivity index is 1.79. The molecule has 3 aromatic carbocycles. The lowest BCUT2D eigenvalue weighted by Crippen LogP contribution is -2.39. The summed E-state index contributed by atoms with van der Waals surface area (Å²) in [6.45, 7) is 1.39. The van der Waals surface area contributed by atoms with Gasteiger partial charge in [0.05, 0.1) is 19.1 Å². The van der Waals surface area contributed by atoms with Crippen LogP contribution in [-0.2, 0) is 41.6 Å². The summed E-state index contributed by atoms with van der Waals surface area (Å²) in [7, 11) is 1.44. The Hall–Kier alpha value is -3.81. The molecule has 8 heteroatoms. The van der Waals surface area contributed by atoms with Gasteiger partial charge >= 0.3 is 12.1 Å². The van der Waals surface area contributed by atoms with E-state index >= 15 is 0 Å². The molecule has 188 valence electrons. The van der Waals surface area contributed by atoms with E-state index < -0.39 is 17.7 Å². The van der Waals surface area contributed by atoms with Gasteiger partial charge in [-0.3, -0.25) is 9.59 Å². The number of rotatable bonds is 7. The molecular weight excluding hydrogens is 471 g/mol. The summed E-state index contributed by atoms with van der Waals surface area (Å²) in [4.78, 5) is 25.6. The standard InChI is InChI=1S/C28H26F3NO4/c1-17(33)32(23-14-19-5-3-4-6-20(19)15-23)16-21-13-22(28(29,30)31)8-9-24(21)25-11-18(12-27(34)35)7-10-26(25)36-2/h3-11,13,23H,12,14-16H2,1-2H3,(H,34,35). The second-order valence-corrected chi connectivity index (χ2v) is 8.95. The quantitative estimate of drug-likeness (QED) is 0.467. The number of halogens is 3. The molecule has 1 aliphatic carbocycles. The van der Waals surface area contributed by atoms with E-state index in [-0.39, 0.29) is 24.9 Å². The first-order valence-corrected chi connectivity index (χ1v) is 11.5. The summed E-state index contributed by atoms with van der Waals surface area (Å²) in [6.07, 6.45) is -3.55. The molecule has 0 aromatic heterocycles. The van der Waals surface area contributed by atoms with E-state index in [9.17, 15) is 27.9 Å². The van der Waals surface area contributed by atoms with E-state index in [0.29, 0.717) is 40.8 Å². The summed E-state index contributed by atoms with van der Waals surface area (Å²) in [5, 5.41) is 9.21. The van der Waals surface area contributed by atoms with Gasteiger partial charge in [0.15, 0.2) is 0 Å². The van der Waals surface area contributed by atoms with Gasteiger partial charge in [0, 0.05) is 25.1 Å². The van der Waals surface area contributed by atoms with Gasteiger partial charge in [0.25, 0.3) is 0 Å². The lowest BCUT2D eigenvalue weighted by Gasteiger charge is -2.29. The highest BCUT2D eigenvalue weighted by Crippen LogP contribution is 2.38. The maximum absolute atomic E-state index is 13.7. The van der Waals surface area contributed by atoms with Crippen LogP contribution in [0.3, 0.4) is 0 Å². The topological polar surface area (TPSA) is 66.8 Å². The molecule has 1 N–H and O–H groups in total. The van der Waals surface area contributed by atoms with Crippen molar-refractivity contribution in [2.45, 2.75) is 44.9 Å². The molecule has 4 rings (SSSR count). The van der Waals surface area contributed by atoms with Crippen LogP contribution in [-0.4, -0.2) is 35.0 Å². The Morgan fingerprint density at radius 3 is 2.22 bits per heavy atom. The SMILES string of the molecule is COc1ccc(CC(=O)O)cc1-c1ccc(C(F)(F)F)cc1CN(C(C)=O)C1Cc2ccccc2C1. The minimum atomic E-state index is -4.56. The van der Waals surface area contributed by atoms with Crippen LogP contribution in [0.2, 0.25) is 0 Å². The molecule has 0 atom stereocenters. The monoisotopic (exact) mass is 497 g/mol. The minimum Gasteiger partial charge on any atom is -0.496 e. The fourth-order valence-corrected chi connectivity index (χ4v) is 4.85. The molecule has 0 fully saturated rings. The number of hydrogen-bond acceptors (Lipinski definition) is 3. The highest BCUT2D eigenvalue weighted by molar-refractivity contribution is 5.78. The van der Waals surface area contributed by atoms with E-state index in [1.54, 1.807) is 23.1 Å². The van der Waals surface area contributed by atoms with Gasteiger partial charge in [-0.15, -0.1) is 0 Å². The maximum atomic E-state index is 13.7. The van der Waals surface area contributed by atoms with Gasteiger partial charge in [-0.1, -0.05) is 36.4 Å². The van der Waals surface area contributed by atoms with Crippen LogP contribution in [0.1, 0.15) is 34.7 Å². The molecule has 0 saturated carbocycles. The molecule has 0 unspecified atom stereocenters. The third kappa shape index (κ3) is 5.37. The Kier molecular flexibility index (Phi) is 7.06. The van der Waals surface area contributed by atoms with Crippen molar-refractivity contribution < 1.29 is 32.6 Å². The van der Waals surface area contributed by atoms with Crippen molar-refractivity contribution in [1.29, 1.82) is 0 Å². The molecule has 5 nitrogen and oxygen atoms in total. The molecule has 0 saturated heterocycles. The number of ether oxygens (including phenoxy) is 1. The molecule has 0 radical (unpaired) electrons. The summed E-state index contributed by atoms with van der Waals surface area (Å²) >= 11 is 0. The third-order valence-electron chi connectivity index (χ3n) is 6.56. The van der Waals surface area contributed by atoms with Crippen LogP contribution in [0.5, 0.6) is 5.75 Å². The third-order valence-corrected chi connectivity index (χ3v) is 6.56. The number of fused-ring (bicyclic) bond motifs is 1. The van der Waals surface area contributed by atoms with Crippen LogP contribution in [0.15, 0.2) is 60.7 Å². The number of hydrogen-bond donors (Lipinski definition) is 1. The largest absolute Gasteiger partial charge is 0.496 e. The number of alkyl halides is 3. The highest BCUT2D eigenvalue weighted by atomic mass is 19.4. The molecule has 1 aliphatic rings. The number of benzene rings is 3. The van der Waals surface area contributed by atoms with Gasteiger partial charge in [-0.05, 0) is 64.9 Å². The summed E-state index contributed by atoms with van der Waals surface area (Å²) < 4.78 is 46.4. The lowest BCUT2D eigenvalue weighted by molar-refractivity contribution is -0.138. The number of nitrogens with zero attached hydrogens (tertiary/aromatic N) is 1. The summed E-state index contributed by atoms with van der Waals surface area (Å²) in [5.74, 6) is -0.863. The highest BCUT2D eigenvalue weighted by Gasteiger charge is 2.33. The van der Waals surface area contributed by atoms with Gasteiger partial charge in [-0.2, -0.15) is 13.2 Å². The van der Waals surface area contributed by atoms with E-state index in [2.05, 4.69) is 0 Å². The molecule has 0 heterocycles.